The molecule has 0 aliphatic rings. The van der Waals surface area contributed by atoms with Gasteiger partial charge in [0.05, 0.1) is 11.5 Å². The number of aliphatic hydroxyl groups is 1. The lowest BCUT2D eigenvalue weighted by atomic mass is 10.2. The van der Waals surface area contributed by atoms with Crippen molar-refractivity contribution in [1.29, 1.82) is 0 Å². The Kier molecular flexibility index (Phi) is 5.93. The molecule has 0 radical (unpaired) electrons. The predicted octanol–water partition coefficient (Wildman–Crippen LogP) is 2.30. The largest absolute Gasteiger partial charge is 0.392 e. The van der Waals surface area contributed by atoms with Crippen molar-refractivity contribution in [1.82, 2.24) is 4.31 Å². The zero-order valence-electron chi connectivity index (χ0n) is 10.4. The van der Waals surface area contributed by atoms with Gasteiger partial charge in [0, 0.05) is 17.6 Å². The molecule has 1 aromatic carbocycles. The molecule has 0 aliphatic heterocycles. The molecular formula is C13H16BrNO3S. The monoisotopic (exact) mass is 345 g/mol. The van der Waals surface area contributed by atoms with Crippen LogP contribution in [0.5, 0.6) is 0 Å². The van der Waals surface area contributed by atoms with Crippen molar-refractivity contribution in [2.45, 2.75) is 11.5 Å². The molecule has 0 saturated carbocycles. The van der Waals surface area contributed by atoms with Gasteiger partial charge >= 0.3 is 0 Å². The first-order valence-electron chi connectivity index (χ1n) is 5.58. The summed E-state index contributed by atoms with van der Waals surface area (Å²) in [6.07, 6.45) is 3.05. The van der Waals surface area contributed by atoms with E-state index in [0.717, 1.165) is 0 Å². The van der Waals surface area contributed by atoms with Crippen molar-refractivity contribution in [3.05, 3.63) is 53.5 Å². The maximum atomic E-state index is 12.5. The van der Waals surface area contributed by atoms with Crippen LogP contribution in [0.15, 0.2) is 52.9 Å². The van der Waals surface area contributed by atoms with Gasteiger partial charge in [-0.25, -0.2) is 8.42 Å². The summed E-state index contributed by atoms with van der Waals surface area (Å²) in [6.45, 7) is 7.39. The van der Waals surface area contributed by atoms with Crippen molar-refractivity contribution in [2.75, 3.05) is 13.1 Å². The fourth-order valence-corrected chi connectivity index (χ4v) is 4.02. The van der Waals surface area contributed by atoms with Crippen LogP contribution < -0.4 is 0 Å². The van der Waals surface area contributed by atoms with E-state index < -0.39 is 10.0 Å². The van der Waals surface area contributed by atoms with E-state index in [1.165, 1.54) is 22.5 Å². The quantitative estimate of drug-likeness (QED) is 0.771. The van der Waals surface area contributed by atoms with Crippen molar-refractivity contribution in [3.63, 3.8) is 0 Å². The Bertz CT molecular complexity index is 559. The van der Waals surface area contributed by atoms with Crippen LogP contribution in [0.25, 0.3) is 0 Å². The SMILES string of the molecule is C=CCN(CC=C)S(=O)(=O)c1ccc(CO)cc1Br. The van der Waals surface area contributed by atoms with Gasteiger partial charge in [0.2, 0.25) is 10.0 Å². The Balaban J connectivity index is 3.24. The third-order valence-corrected chi connectivity index (χ3v) is 5.27. The molecule has 1 aromatic rings. The lowest BCUT2D eigenvalue weighted by Crippen LogP contribution is -2.31. The van der Waals surface area contributed by atoms with Gasteiger partial charge in [-0.2, -0.15) is 4.31 Å². The molecule has 0 spiro atoms. The molecule has 0 saturated heterocycles. The number of hydrogen-bond donors (Lipinski definition) is 1. The molecular weight excluding hydrogens is 330 g/mol. The molecule has 0 unspecified atom stereocenters. The molecule has 0 heterocycles. The highest BCUT2D eigenvalue weighted by Crippen LogP contribution is 2.26. The van der Waals surface area contributed by atoms with Gasteiger partial charge in [-0.3, -0.25) is 0 Å². The van der Waals surface area contributed by atoms with Crippen molar-refractivity contribution >= 4 is 26.0 Å². The second-order valence-electron chi connectivity index (χ2n) is 3.82. The number of benzene rings is 1. The van der Waals surface area contributed by atoms with Crippen LogP contribution in [0.1, 0.15) is 5.56 Å². The fraction of sp³-hybridized carbons (Fsp3) is 0.231. The normalized spacial score (nSPS) is 11.5. The van der Waals surface area contributed by atoms with Gasteiger partial charge in [-0.1, -0.05) is 18.2 Å². The Morgan fingerprint density at radius 3 is 2.26 bits per heavy atom. The van der Waals surface area contributed by atoms with Gasteiger partial charge in [0.15, 0.2) is 0 Å². The second-order valence-corrected chi connectivity index (χ2v) is 6.58. The van der Waals surface area contributed by atoms with Crippen LogP contribution >= 0.6 is 15.9 Å². The minimum Gasteiger partial charge on any atom is -0.392 e. The van der Waals surface area contributed by atoms with E-state index in [9.17, 15) is 8.42 Å². The molecule has 0 aromatic heterocycles. The molecule has 0 aliphatic carbocycles. The zero-order chi connectivity index (χ0) is 14.5. The van der Waals surface area contributed by atoms with E-state index >= 15 is 0 Å². The average molecular weight is 346 g/mol. The molecule has 0 fully saturated rings. The Morgan fingerprint density at radius 1 is 1.26 bits per heavy atom. The van der Waals surface area contributed by atoms with E-state index in [1.807, 2.05) is 0 Å². The van der Waals surface area contributed by atoms with Gasteiger partial charge in [-0.05, 0) is 33.6 Å². The Hall–Kier alpha value is -0.950. The minimum absolute atomic E-state index is 0.137. The second kappa shape index (κ2) is 7.00. The van der Waals surface area contributed by atoms with Crippen LogP contribution in [-0.2, 0) is 16.6 Å². The highest BCUT2D eigenvalue weighted by Gasteiger charge is 2.24. The van der Waals surface area contributed by atoms with Crippen LogP contribution in [0.4, 0.5) is 0 Å². The average Bonchev–Trinajstić information content (AvgIpc) is 2.38. The summed E-state index contributed by atoms with van der Waals surface area (Å²) in [5.74, 6) is 0. The molecule has 1 N–H and O–H groups in total. The highest BCUT2D eigenvalue weighted by molar-refractivity contribution is 9.10. The van der Waals surface area contributed by atoms with Crippen LogP contribution in [0.3, 0.4) is 0 Å². The molecule has 0 atom stereocenters. The summed E-state index contributed by atoms with van der Waals surface area (Å²) in [4.78, 5) is 0.161. The standard InChI is InChI=1S/C13H16BrNO3S/c1-3-7-15(8-4-2)19(17,18)13-6-5-11(10-16)9-12(13)14/h3-6,9,16H,1-2,7-8,10H2. The molecule has 0 bridgehead atoms. The van der Waals surface area contributed by atoms with E-state index in [2.05, 4.69) is 29.1 Å². The van der Waals surface area contributed by atoms with Crippen molar-refractivity contribution in [3.8, 4) is 0 Å². The molecule has 1 rings (SSSR count). The van der Waals surface area contributed by atoms with E-state index in [4.69, 9.17) is 5.11 Å². The van der Waals surface area contributed by atoms with Crippen LogP contribution in [-0.4, -0.2) is 30.9 Å². The molecule has 19 heavy (non-hydrogen) atoms. The first kappa shape index (κ1) is 16.1. The third kappa shape index (κ3) is 3.76. The summed E-state index contributed by atoms with van der Waals surface area (Å²) in [5, 5.41) is 9.03. The minimum atomic E-state index is -3.62. The smallest absolute Gasteiger partial charge is 0.244 e. The molecule has 0 amide bonds. The summed E-state index contributed by atoms with van der Waals surface area (Å²) >= 11 is 3.23. The molecule has 104 valence electrons. The number of halogens is 1. The lowest BCUT2D eigenvalue weighted by molar-refractivity contribution is 0.281. The number of sulfonamides is 1. The number of nitrogens with zero attached hydrogens (tertiary/aromatic N) is 1. The maximum Gasteiger partial charge on any atom is 0.244 e. The van der Waals surface area contributed by atoms with Gasteiger partial charge in [0.1, 0.15) is 0 Å². The first-order chi connectivity index (χ1) is 8.97. The number of aliphatic hydroxyl groups excluding tert-OH is 1. The van der Waals surface area contributed by atoms with E-state index in [-0.39, 0.29) is 24.6 Å². The topological polar surface area (TPSA) is 57.6 Å². The zero-order valence-corrected chi connectivity index (χ0v) is 12.8. The summed E-state index contributed by atoms with van der Waals surface area (Å²) < 4.78 is 26.6. The molecule has 6 heteroatoms. The van der Waals surface area contributed by atoms with Gasteiger partial charge in [0.25, 0.3) is 0 Å². The summed E-state index contributed by atoms with van der Waals surface area (Å²) in [7, 11) is -3.62. The Morgan fingerprint density at radius 2 is 1.84 bits per heavy atom. The highest BCUT2D eigenvalue weighted by atomic mass is 79.9. The first-order valence-corrected chi connectivity index (χ1v) is 7.82. The Labute approximate surface area is 122 Å². The van der Waals surface area contributed by atoms with Gasteiger partial charge < -0.3 is 5.11 Å². The fourth-order valence-electron chi connectivity index (χ4n) is 1.55. The summed E-state index contributed by atoms with van der Waals surface area (Å²) in [6, 6.07) is 4.65. The summed E-state index contributed by atoms with van der Waals surface area (Å²) in [5.41, 5.74) is 0.643. The van der Waals surface area contributed by atoms with Gasteiger partial charge in [-0.15, -0.1) is 13.2 Å². The van der Waals surface area contributed by atoms with Crippen LogP contribution in [0, 0.1) is 0 Å². The van der Waals surface area contributed by atoms with Crippen molar-refractivity contribution < 1.29 is 13.5 Å². The third-order valence-electron chi connectivity index (χ3n) is 2.46. The van der Waals surface area contributed by atoms with Crippen LogP contribution in [0.2, 0.25) is 0 Å². The predicted molar refractivity (Wildman–Crippen MR) is 79.2 cm³/mol. The van der Waals surface area contributed by atoms with E-state index in [0.29, 0.717) is 10.0 Å². The lowest BCUT2D eigenvalue weighted by Gasteiger charge is -2.20. The van der Waals surface area contributed by atoms with E-state index in [1.54, 1.807) is 12.1 Å². The molecule has 4 nitrogen and oxygen atoms in total. The number of rotatable bonds is 7. The van der Waals surface area contributed by atoms with Crippen molar-refractivity contribution in [2.24, 2.45) is 0 Å². The number of hydrogen-bond acceptors (Lipinski definition) is 3. The maximum absolute atomic E-state index is 12.5.